The molecule has 1 aromatic carbocycles. The number of benzene rings is 1. The van der Waals surface area contributed by atoms with E-state index in [1.807, 2.05) is 0 Å². The van der Waals surface area contributed by atoms with Gasteiger partial charge in [-0.1, -0.05) is 18.9 Å². The molecule has 0 saturated carbocycles. The van der Waals surface area contributed by atoms with E-state index < -0.39 is 21.8 Å². The summed E-state index contributed by atoms with van der Waals surface area (Å²) in [6.45, 7) is 0.195. The molecule has 1 N–H and O–H groups in total. The lowest BCUT2D eigenvalue weighted by molar-refractivity contribution is -0.137. The average molecular weight is 344 g/mol. The van der Waals surface area contributed by atoms with Crippen LogP contribution in [-0.4, -0.2) is 20.8 Å². The monoisotopic (exact) mass is 343 g/mol. The average Bonchev–Trinajstić information content (AvgIpc) is 2.42. The van der Waals surface area contributed by atoms with E-state index >= 15 is 0 Å². The van der Waals surface area contributed by atoms with Gasteiger partial charge in [0.2, 0.25) is 10.0 Å². The molecule has 0 amide bonds. The second kappa shape index (κ2) is 8.00. The van der Waals surface area contributed by atoms with Crippen LogP contribution in [0.4, 0.5) is 13.2 Å². The first-order valence-corrected chi connectivity index (χ1v) is 8.52. The fourth-order valence-corrected chi connectivity index (χ4v) is 3.01. The van der Waals surface area contributed by atoms with E-state index in [0.717, 1.165) is 37.5 Å². The Bertz CT molecular complexity index is 547. The fraction of sp³-hybridized carbons (Fsp3) is 0.538. The normalized spacial score (nSPS) is 12.6. The molecule has 21 heavy (non-hydrogen) atoms. The maximum Gasteiger partial charge on any atom is 0.416 e. The number of rotatable bonds is 8. The molecule has 1 aromatic rings. The van der Waals surface area contributed by atoms with E-state index in [1.165, 1.54) is 0 Å². The van der Waals surface area contributed by atoms with Crippen molar-refractivity contribution in [3.63, 3.8) is 0 Å². The van der Waals surface area contributed by atoms with Gasteiger partial charge in [0.05, 0.1) is 10.5 Å². The number of hydrogen-bond acceptors (Lipinski definition) is 2. The molecule has 0 aliphatic rings. The van der Waals surface area contributed by atoms with Crippen molar-refractivity contribution in [2.75, 3.05) is 12.4 Å². The quantitative estimate of drug-likeness (QED) is 0.576. The Morgan fingerprint density at radius 3 is 2.38 bits per heavy atom. The molecule has 8 heteroatoms. The van der Waals surface area contributed by atoms with Crippen LogP contribution in [-0.2, 0) is 16.2 Å². The Labute approximate surface area is 127 Å². The predicted octanol–water partition coefficient (Wildman–Crippen LogP) is 3.78. The molecule has 0 saturated heterocycles. The zero-order valence-corrected chi connectivity index (χ0v) is 12.9. The number of nitrogens with one attached hydrogen (secondary N) is 1. The van der Waals surface area contributed by atoms with Gasteiger partial charge in [0.15, 0.2) is 0 Å². The van der Waals surface area contributed by atoms with Crippen molar-refractivity contribution in [3.05, 3.63) is 29.8 Å². The summed E-state index contributed by atoms with van der Waals surface area (Å²) < 4.78 is 63.8. The fourth-order valence-electron chi connectivity index (χ4n) is 1.70. The highest BCUT2D eigenvalue weighted by Crippen LogP contribution is 2.30. The smallest absolute Gasteiger partial charge is 0.211 e. The highest BCUT2D eigenvalue weighted by atomic mass is 35.5. The van der Waals surface area contributed by atoms with Crippen LogP contribution in [0.1, 0.15) is 31.2 Å². The van der Waals surface area contributed by atoms with Gasteiger partial charge in [-0.3, -0.25) is 0 Å². The summed E-state index contributed by atoms with van der Waals surface area (Å²) in [5.74, 6) is 0.565. The van der Waals surface area contributed by atoms with Gasteiger partial charge < -0.3 is 0 Å². The van der Waals surface area contributed by atoms with E-state index in [0.29, 0.717) is 18.4 Å². The van der Waals surface area contributed by atoms with Gasteiger partial charge in [0, 0.05) is 12.4 Å². The van der Waals surface area contributed by atoms with Crippen LogP contribution in [0.15, 0.2) is 29.2 Å². The van der Waals surface area contributed by atoms with E-state index in [-0.39, 0.29) is 11.4 Å². The minimum absolute atomic E-state index is 0.195. The third-order valence-electron chi connectivity index (χ3n) is 2.82. The molecule has 1 rings (SSSR count). The third kappa shape index (κ3) is 6.23. The van der Waals surface area contributed by atoms with Gasteiger partial charge in [-0.2, -0.15) is 13.2 Å². The molecule has 120 valence electrons. The van der Waals surface area contributed by atoms with Crippen LogP contribution in [0, 0.1) is 0 Å². The van der Waals surface area contributed by atoms with Crippen LogP contribution in [0.3, 0.4) is 0 Å². The molecule has 0 unspecified atom stereocenters. The first kappa shape index (κ1) is 18.3. The molecule has 0 aliphatic heterocycles. The molecule has 0 heterocycles. The summed E-state index contributed by atoms with van der Waals surface area (Å²) in [6.07, 6.45) is -1.36. The van der Waals surface area contributed by atoms with Crippen molar-refractivity contribution >= 4 is 21.6 Å². The Morgan fingerprint density at radius 1 is 1.10 bits per heavy atom. The van der Waals surface area contributed by atoms with Gasteiger partial charge in [-0.15, -0.1) is 11.6 Å². The molecule has 0 bridgehead atoms. The third-order valence-corrected chi connectivity index (χ3v) is 4.55. The zero-order valence-electron chi connectivity index (χ0n) is 11.3. The van der Waals surface area contributed by atoms with Crippen molar-refractivity contribution in [1.29, 1.82) is 0 Å². The van der Waals surface area contributed by atoms with Gasteiger partial charge >= 0.3 is 6.18 Å². The lowest BCUT2D eigenvalue weighted by Gasteiger charge is -2.10. The highest BCUT2D eigenvalue weighted by molar-refractivity contribution is 7.89. The molecule has 0 spiro atoms. The molecule has 0 atom stereocenters. The number of halogens is 4. The van der Waals surface area contributed by atoms with E-state index in [2.05, 4.69) is 4.72 Å². The second-order valence-corrected chi connectivity index (χ2v) is 6.67. The largest absolute Gasteiger partial charge is 0.416 e. The lowest BCUT2D eigenvalue weighted by Crippen LogP contribution is -2.25. The van der Waals surface area contributed by atoms with Crippen molar-refractivity contribution < 1.29 is 21.6 Å². The van der Waals surface area contributed by atoms with Crippen LogP contribution < -0.4 is 4.72 Å². The Morgan fingerprint density at radius 2 is 1.76 bits per heavy atom. The molecular weight excluding hydrogens is 327 g/mol. The lowest BCUT2D eigenvalue weighted by atomic mass is 10.2. The molecule has 0 radical (unpaired) electrons. The van der Waals surface area contributed by atoms with E-state index in [9.17, 15) is 21.6 Å². The van der Waals surface area contributed by atoms with Gasteiger partial charge in [-0.05, 0) is 31.0 Å². The summed E-state index contributed by atoms with van der Waals surface area (Å²) in [4.78, 5) is -0.377. The van der Waals surface area contributed by atoms with Crippen LogP contribution >= 0.6 is 11.6 Å². The number of unbranched alkanes of at least 4 members (excludes halogenated alkanes) is 3. The van der Waals surface area contributed by atoms with E-state index in [4.69, 9.17) is 11.6 Å². The Kier molecular flexibility index (Phi) is 6.96. The minimum Gasteiger partial charge on any atom is -0.211 e. The summed E-state index contributed by atoms with van der Waals surface area (Å²) in [7, 11) is -3.91. The van der Waals surface area contributed by atoms with E-state index in [1.54, 1.807) is 0 Å². The predicted molar refractivity (Wildman–Crippen MR) is 75.8 cm³/mol. The number of hydrogen-bond donors (Lipinski definition) is 1. The molecule has 0 fully saturated rings. The van der Waals surface area contributed by atoms with Crippen molar-refractivity contribution in [1.82, 2.24) is 4.72 Å². The summed E-state index contributed by atoms with van der Waals surface area (Å²) in [5.41, 5.74) is -0.979. The maximum atomic E-state index is 12.6. The van der Waals surface area contributed by atoms with Crippen LogP contribution in [0.25, 0.3) is 0 Å². The molecule has 3 nitrogen and oxygen atoms in total. The van der Waals surface area contributed by atoms with Crippen LogP contribution in [0.2, 0.25) is 0 Å². The van der Waals surface area contributed by atoms with Gasteiger partial charge in [0.25, 0.3) is 0 Å². The highest BCUT2D eigenvalue weighted by Gasteiger charge is 2.31. The Hall–Kier alpha value is -0.790. The van der Waals surface area contributed by atoms with Crippen molar-refractivity contribution in [2.45, 2.75) is 36.8 Å². The second-order valence-electron chi connectivity index (χ2n) is 4.53. The zero-order chi connectivity index (χ0) is 15.9. The summed E-state index contributed by atoms with van der Waals surface area (Å²) in [6, 6.07) is 3.70. The Balaban J connectivity index is 2.62. The SMILES string of the molecule is O=S(=O)(NCCCCCCCl)c1cccc(C(F)(F)F)c1. The standard InChI is InChI=1S/C13H17ClF3NO2S/c14-8-3-1-2-4-9-18-21(19,20)12-7-5-6-11(10-12)13(15,16)17/h5-7,10,18H,1-4,8-9H2. The molecular formula is C13H17ClF3NO2S. The first-order chi connectivity index (χ1) is 9.77. The van der Waals surface area contributed by atoms with Crippen LogP contribution in [0.5, 0.6) is 0 Å². The molecule has 0 aromatic heterocycles. The first-order valence-electron chi connectivity index (χ1n) is 6.50. The minimum atomic E-state index is -4.56. The summed E-state index contributed by atoms with van der Waals surface area (Å²) in [5, 5.41) is 0. The number of sulfonamides is 1. The number of alkyl halides is 4. The molecule has 0 aliphatic carbocycles. The maximum absolute atomic E-state index is 12.6. The van der Waals surface area contributed by atoms with Gasteiger partial charge in [-0.25, -0.2) is 13.1 Å². The van der Waals surface area contributed by atoms with Crippen molar-refractivity contribution in [3.8, 4) is 0 Å². The van der Waals surface area contributed by atoms with Gasteiger partial charge in [0.1, 0.15) is 0 Å². The topological polar surface area (TPSA) is 46.2 Å². The van der Waals surface area contributed by atoms with Crippen molar-refractivity contribution in [2.24, 2.45) is 0 Å². The summed E-state index contributed by atoms with van der Waals surface area (Å²) >= 11 is 5.52.